The minimum Gasteiger partial charge on any atom is -1.00 e. The van der Waals surface area contributed by atoms with Gasteiger partial charge in [0.05, 0.1) is 77.4 Å². The van der Waals surface area contributed by atoms with Crippen LogP contribution in [0.25, 0.3) is 21.1 Å². The number of halogens is 7. The summed E-state index contributed by atoms with van der Waals surface area (Å²) < 4.78 is 117. The summed E-state index contributed by atoms with van der Waals surface area (Å²) in [6.07, 6.45) is -6.02. The van der Waals surface area contributed by atoms with Gasteiger partial charge >= 0.3 is 41.9 Å². The molecule has 0 atom stereocenters. The molecule has 402 valence electrons. The molecule has 0 aliphatic heterocycles. The SMILES string of the molecule is COc1cc(F)ccc1C#N.COc1cc(OCc2sc(-c3ccc(C(F)(F)F)cc3)nc2CCCOCc2ccccc2)ccc1C#N.OCc1sc(-c2ccc(C(F)(F)F)cc2)nc1CCCOCc1ccccc1.[H-].[Na+]. The summed E-state index contributed by atoms with van der Waals surface area (Å²) in [4.78, 5) is 10.9. The predicted molar refractivity (Wildman–Crippen MR) is 281 cm³/mol. The summed E-state index contributed by atoms with van der Waals surface area (Å²) in [7, 11) is 2.88. The van der Waals surface area contributed by atoms with Crippen molar-refractivity contribution in [2.75, 3.05) is 27.4 Å². The van der Waals surface area contributed by atoms with E-state index in [1.807, 2.05) is 66.7 Å². The molecule has 0 unspecified atom stereocenters. The average molecular weight is 1120 g/mol. The van der Waals surface area contributed by atoms with Gasteiger partial charge in [-0.05, 0) is 85.3 Å². The molecule has 8 rings (SSSR count). The number of aliphatic hydroxyl groups is 1. The number of alkyl halides is 6. The molecule has 0 saturated heterocycles. The topological polar surface area (TPSA) is 140 Å². The third-order valence-corrected chi connectivity index (χ3v) is 13.4. The van der Waals surface area contributed by atoms with E-state index in [-0.39, 0.29) is 49.9 Å². The number of nitrogens with zero attached hydrogens (tertiary/aromatic N) is 4. The van der Waals surface area contributed by atoms with Crippen LogP contribution in [-0.4, -0.2) is 42.5 Å². The molecule has 0 fully saturated rings. The second-order valence-electron chi connectivity index (χ2n) is 16.6. The van der Waals surface area contributed by atoms with Gasteiger partial charge in [-0.3, -0.25) is 0 Å². The molecule has 0 aliphatic carbocycles. The summed E-state index contributed by atoms with van der Waals surface area (Å²) >= 11 is 2.69. The molecule has 0 spiro atoms. The van der Waals surface area contributed by atoms with Gasteiger partial charge in [-0.15, -0.1) is 22.7 Å². The van der Waals surface area contributed by atoms with Gasteiger partial charge in [0, 0.05) is 36.5 Å². The van der Waals surface area contributed by atoms with Gasteiger partial charge in [0.25, 0.3) is 0 Å². The van der Waals surface area contributed by atoms with E-state index in [4.69, 9.17) is 33.9 Å². The molecule has 2 aromatic heterocycles. The molecule has 0 aliphatic rings. The van der Waals surface area contributed by atoms with Gasteiger partial charge in [-0.1, -0.05) is 84.9 Å². The normalized spacial score (nSPS) is 10.9. The van der Waals surface area contributed by atoms with Gasteiger partial charge in [0.15, 0.2) is 0 Å². The van der Waals surface area contributed by atoms with Crippen molar-refractivity contribution in [3.63, 3.8) is 0 Å². The number of nitriles is 2. The number of hydrogen-bond acceptors (Lipinski definition) is 12. The van der Waals surface area contributed by atoms with Gasteiger partial charge in [0.1, 0.15) is 51.8 Å². The van der Waals surface area contributed by atoms with Crippen molar-refractivity contribution in [1.82, 2.24) is 9.97 Å². The summed E-state index contributed by atoms with van der Waals surface area (Å²) in [5.74, 6) is 0.811. The van der Waals surface area contributed by atoms with Crippen LogP contribution in [0.15, 0.2) is 146 Å². The standard InChI is InChI=1S/C29H25F3N2O3S.C21H20F3NO2S.C8H6FNO.Na.H/c1-35-26-16-24(14-11-22(26)17-33)37-19-27-25(8-5-15-36-18-20-6-3-2-4-7-20)34-28(38-27)21-9-12-23(13-10-21)29(30,31)32;22-21(23,24)17-10-8-16(9-11-17)20-25-18(19(13-26)28-20)7-4-12-27-14-15-5-2-1-3-6-15;1-11-8-4-7(9)3-2-6(8)5-10;;/h2-4,6-7,9-14,16H,5,8,15,18-19H2,1H3;1-3,5-6,8-11,26H,4,7,12-14H2;2-4H,1H3;;/q;;;+1;-1. The van der Waals surface area contributed by atoms with Crippen molar-refractivity contribution in [1.29, 1.82) is 10.5 Å². The predicted octanol–water partition coefficient (Wildman–Crippen LogP) is 11.7. The van der Waals surface area contributed by atoms with Crippen molar-refractivity contribution >= 4 is 22.7 Å². The minimum atomic E-state index is -4.40. The van der Waals surface area contributed by atoms with Crippen LogP contribution in [0.1, 0.15) is 68.8 Å². The summed E-state index contributed by atoms with van der Waals surface area (Å²) in [5.41, 5.74) is 4.36. The van der Waals surface area contributed by atoms with Crippen LogP contribution in [0.2, 0.25) is 0 Å². The Bertz CT molecular complexity index is 3190. The number of thiazole rings is 2. The summed E-state index contributed by atoms with van der Waals surface area (Å²) in [6, 6.07) is 42.4. The van der Waals surface area contributed by atoms with Crippen molar-refractivity contribution in [3.05, 3.63) is 206 Å². The molecule has 0 saturated carbocycles. The Hall–Kier alpha value is -6.65. The molecule has 0 radical (unpaired) electrons. The minimum absolute atomic E-state index is 0. The molecule has 20 heteroatoms. The number of methoxy groups -OCH3 is 2. The third kappa shape index (κ3) is 19.1. The fourth-order valence-corrected chi connectivity index (χ4v) is 9.22. The fraction of sp³-hybridized carbons (Fsp3) is 0.241. The number of aryl methyl sites for hydroxylation is 2. The molecular formula is C58H52F7N4NaO6S2. The molecule has 0 amide bonds. The fourth-order valence-electron chi connectivity index (χ4n) is 7.22. The van der Waals surface area contributed by atoms with E-state index in [9.17, 15) is 41.1 Å². The maximum atomic E-state index is 13.0. The molecule has 0 bridgehead atoms. The first-order valence-corrected chi connectivity index (χ1v) is 25.4. The first kappa shape index (κ1) is 62.2. The average Bonchev–Trinajstić information content (AvgIpc) is 4.09. The monoisotopic (exact) mass is 1120 g/mol. The van der Waals surface area contributed by atoms with Crippen molar-refractivity contribution in [2.24, 2.45) is 0 Å². The zero-order chi connectivity index (χ0) is 55.2. The number of aliphatic hydroxyl groups excluding tert-OH is 1. The van der Waals surface area contributed by atoms with Gasteiger partial charge in [0.2, 0.25) is 0 Å². The Morgan fingerprint density at radius 3 is 1.44 bits per heavy atom. The van der Waals surface area contributed by atoms with Crippen LogP contribution in [0.3, 0.4) is 0 Å². The zero-order valence-electron chi connectivity index (χ0n) is 43.7. The smallest absolute Gasteiger partial charge is 1.00 e. The zero-order valence-corrected chi connectivity index (χ0v) is 46.3. The first-order chi connectivity index (χ1) is 37.1. The second-order valence-corrected chi connectivity index (χ2v) is 18.8. The van der Waals surface area contributed by atoms with E-state index in [1.54, 1.807) is 18.2 Å². The van der Waals surface area contributed by atoms with Crippen molar-refractivity contribution in [2.45, 2.75) is 64.5 Å². The van der Waals surface area contributed by atoms with Crippen molar-refractivity contribution < 1.29 is 90.5 Å². The number of ether oxygens (including phenoxy) is 5. The number of hydrogen-bond donors (Lipinski definition) is 1. The Balaban J connectivity index is 0.000000287. The van der Waals surface area contributed by atoms with Crippen LogP contribution >= 0.6 is 22.7 Å². The Kier molecular flexibility index (Phi) is 24.8. The summed E-state index contributed by atoms with van der Waals surface area (Å²) in [5, 5.41) is 28.5. The van der Waals surface area contributed by atoms with E-state index >= 15 is 0 Å². The third-order valence-electron chi connectivity index (χ3n) is 11.2. The van der Waals surface area contributed by atoms with E-state index in [0.29, 0.717) is 83.0 Å². The molecule has 10 nitrogen and oxygen atoms in total. The van der Waals surface area contributed by atoms with E-state index in [0.717, 1.165) is 69.4 Å². The first-order valence-electron chi connectivity index (χ1n) is 23.7. The van der Waals surface area contributed by atoms with E-state index < -0.39 is 29.3 Å². The quantitative estimate of drug-likeness (QED) is 0.0446. The number of rotatable bonds is 20. The van der Waals surface area contributed by atoms with Gasteiger partial charge < -0.3 is 30.2 Å². The molecule has 8 aromatic rings. The molecule has 1 N–H and O–H groups in total. The Labute approximate surface area is 479 Å². The van der Waals surface area contributed by atoms with E-state index in [2.05, 4.69) is 11.1 Å². The maximum absolute atomic E-state index is 13.0. The molecular weight excluding hydrogens is 1070 g/mol. The molecule has 2 heterocycles. The number of aromatic nitrogens is 2. The van der Waals surface area contributed by atoms with Crippen LogP contribution in [-0.2, 0) is 61.1 Å². The van der Waals surface area contributed by atoms with Crippen LogP contribution in [0.5, 0.6) is 17.2 Å². The maximum Gasteiger partial charge on any atom is 1.00 e. The second kappa shape index (κ2) is 31.1. The number of benzene rings is 6. The Morgan fingerprint density at radius 1 is 0.564 bits per heavy atom. The Morgan fingerprint density at radius 2 is 1.00 bits per heavy atom. The van der Waals surface area contributed by atoms with Crippen LogP contribution in [0.4, 0.5) is 30.7 Å². The largest absolute Gasteiger partial charge is 1.00 e. The molecule has 6 aromatic carbocycles. The van der Waals surface area contributed by atoms with E-state index in [1.165, 1.54) is 79.4 Å². The van der Waals surface area contributed by atoms with Gasteiger partial charge in [-0.25, -0.2) is 14.4 Å². The van der Waals surface area contributed by atoms with Crippen LogP contribution in [0, 0.1) is 28.5 Å². The van der Waals surface area contributed by atoms with Gasteiger partial charge in [-0.2, -0.15) is 36.9 Å². The molecule has 78 heavy (non-hydrogen) atoms. The van der Waals surface area contributed by atoms with Crippen LogP contribution < -0.4 is 43.8 Å². The summed E-state index contributed by atoms with van der Waals surface area (Å²) in [6.45, 7) is 2.24. The van der Waals surface area contributed by atoms with Crippen molar-refractivity contribution in [3.8, 4) is 50.5 Å².